The molecule has 0 radical (unpaired) electrons. The van der Waals surface area contributed by atoms with E-state index in [0.29, 0.717) is 12.0 Å². The zero-order chi connectivity index (χ0) is 15.0. The molecule has 2 N–H and O–H groups in total. The highest BCUT2D eigenvalue weighted by molar-refractivity contribution is 9.10. The molecule has 0 amide bonds. The SMILES string of the molecule is CC1(C)C(N)CC1c1ccc(Oc2ccc(Br)cc2)cc1. The van der Waals surface area contributed by atoms with Crippen LogP contribution >= 0.6 is 15.9 Å². The minimum Gasteiger partial charge on any atom is -0.457 e. The summed E-state index contributed by atoms with van der Waals surface area (Å²) < 4.78 is 6.90. The van der Waals surface area contributed by atoms with Crippen molar-refractivity contribution in [2.24, 2.45) is 11.1 Å². The first-order valence-electron chi connectivity index (χ1n) is 7.26. The molecule has 0 aliphatic heterocycles. The van der Waals surface area contributed by atoms with Crippen LogP contribution in [0.15, 0.2) is 53.0 Å². The molecule has 1 aliphatic rings. The molecule has 1 saturated carbocycles. The maximum Gasteiger partial charge on any atom is 0.127 e. The number of hydrogen-bond donors (Lipinski definition) is 1. The second-order valence-corrected chi connectivity index (χ2v) is 7.26. The van der Waals surface area contributed by atoms with Crippen molar-refractivity contribution in [2.75, 3.05) is 0 Å². The van der Waals surface area contributed by atoms with Crippen molar-refractivity contribution < 1.29 is 4.74 Å². The zero-order valence-electron chi connectivity index (χ0n) is 12.3. The number of hydrogen-bond acceptors (Lipinski definition) is 2. The summed E-state index contributed by atoms with van der Waals surface area (Å²) in [7, 11) is 0. The topological polar surface area (TPSA) is 35.2 Å². The van der Waals surface area contributed by atoms with Crippen molar-refractivity contribution >= 4 is 15.9 Å². The Kier molecular flexibility index (Phi) is 3.80. The summed E-state index contributed by atoms with van der Waals surface area (Å²) in [5.41, 5.74) is 7.64. The van der Waals surface area contributed by atoms with Crippen LogP contribution in [0.4, 0.5) is 0 Å². The summed E-state index contributed by atoms with van der Waals surface area (Å²) in [5.74, 6) is 2.26. The van der Waals surface area contributed by atoms with Gasteiger partial charge in [0, 0.05) is 10.5 Å². The lowest BCUT2D eigenvalue weighted by atomic mass is 9.57. The molecule has 0 spiro atoms. The van der Waals surface area contributed by atoms with E-state index in [0.717, 1.165) is 22.4 Å². The average molecular weight is 346 g/mol. The van der Waals surface area contributed by atoms with Crippen LogP contribution in [-0.2, 0) is 0 Å². The molecular formula is C18H20BrNO. The second-order valence-electron chi connectivity index (χ2n) is 6.34. The third-order valence-corrected chi connectivity index (χ3v) is 5.20. The molecule has 110 valence electrons. The van der Waals surface area contributed by atoms with Crippen LogP contribution < -0.4 is 10.5 Å². The Morgan fingerprint density at radius 3 is 2.00 bits per heavy atom. The highest BCUT2D eigenvalue weighted by atomic mass is 79.9. The molecule has 3 rings (SSSR count). The van der Waals surface area contributed by atoms with E-state index in [9.17, 15) is 0 Å². The lowest BCUT2D eigenvalue weighted by Gasteiger charge is -2.50. The van der Waals surface area contributed by atoms with E-state index in [4.69, 9.17) is 10.5 Å². The molecule has 0 saturated heterocycles. The number of ether oxygens (including phenoxy) is 1. The van der Waals surface area contributed by atoms with Gasteiger partial charge in [0.1, 0.15) is 11.5 Å². The molecule has 2 nitrogen and oxygen atoms in total. The highest BCUT2D eigenvalue weighted by Gasteiger charge is 2.46. The average Bonchev–Trinajstić information content (AvgIpc) is 2.48. The normalized spacial score (nSPS) is 23.4. The molecule has 2 atom stereocenters. The van der Waals surface area contributed by atoms with Gasteiger partial charge in [0.05, 0.1) is 0 Å². The Morgan fingerprint density at radius 1 is 1.00 bits per heavy atom. The van der Waals surface area contributed by atoms with E-state index < -0.39 is 0 Å². The van der Waals surface area contributed by atoms with Crippen molar-refractivity contribution in [3.8, 4) is 11.5 Å². The van der Waals surface area contributed by atoms with Crippen molar-refractivity contribution in [1.82, 2.24) is 0 Å². The van der Waals surface area contributed by atoms with Gasteiger partial charge >= 0.3 is 0 Å². The molecule has 1 fully saturated rings. The summed E-state index contributed by atoms with van der Waals surface area (Å²) >= 11 is 3.42. The first-order chi connectivity index (χ1) is 9.96. The molecular weight excluding hydrogens is 326 g/mol. The van der Waals surface area contributed by atoms with E-state index in [2.05, 4.69) is 41.9 Å². The second kappa shape index (κ2) is 5.47. The summed E-state index contributed by atoms with van der Waals surface area (Å²) in [6, 6.07) is 16.6. The van der Waals surface area contributed by atoms with Crippen LogP contribution in [0, 0.1) is 5.41 Å². The first-order valence-corrected chi connectivity index (χ1v) is 8.05. The number of halogens is 1. The number of nitrogens with two attached hydrogens (primary N) is 1. The van der Waals surface area contributed by atoms with Gasteiger partial charge in [0.15, 0.2) is 0 Å². The van der Waals surface area contributed by atoms with Gasteiger partial charge in [0.25, 0.3) is 0 Å². The Bertz CT molecular complexity index is 619. The van der Waals surface area contributed by atoms with Crippen molar-refractivity contribution in [3.63, 3.8) is 0 Å². The van der Waals surface area contributed by atoms with Gasteiger partial charge in [-0.25, -0.2) is 0 Å². The maximum absolute atomic E-state index is 6.10. The van der Waals surface area contributed by atoms with Crippen LogP contribution in [0.1, 0.15) is 31.7 Å². The van der Waals surface area contributed by atoms with Gasteiger partial charge in [-0.05, 0) is 59.7 Å². The minimum absolute atomic E-state index is 0.189. The lowest BCUT2D eigenvalue weighted by Crippen LogP contribution is -2.52. The molecule has 2 aromatic rings. The van der Waals surface area contributed by atoms with E-state index in [1.54, 1.807) is 0 Å². The van der Waals surface area contributed by atoms with Gasteiger partial charge in [0.2, 0.25) is 0 Å². The van der Waals surface area contributed by atoms with Crippen molar-refractivity contribution in [3.05, 3.63) is 58.6 Å². The Morgan fingerprint density at radius 2 is 1.52 bits per heavy atom. The fraction of sp³-hybridized carbons (Fsp3) is 0.333. The van der Waals surface area contributed by atoms with Crippen LogP contribution in [0.2, 0.25) is 0 Å². The maximum atomic E-state index is 6.10. The van der Waals surface area contributed by atoms with E-state index >= 15 is 0 Å². The smallest absolute Gasteiger partial charge is 0.127 e. The fourth-order valence-electron chi connectivity index (χ4n) is 2.93. The molecule has 0 bridgehead atoms. The third kappa shape index (κ3) is 2.85. The molecule has 3 heteroatoms. The number of benzene rings is 2. The lowest BCUT2D eigenvalue weighted by molar-refractivity contribution is 0.0984. The van der Waals surface area contributed by atoms with Gasteiger partial charge in [-0.2, -0.15) is 0 Å². The van der Waals surface area contributed by atoms with Crippen molar-refractivity contribution in [1.29, 1.82) is 0 Å². The minimum atomic E-state index is 0.189. The molecule has 21 heavy (non-hydrogen) atoms. The molecule has 0 heterocycles. The van der Waals surface area contributed by atoms with Gasteiger partial charge in [-0.1, -0.05) is 41.9 Å². The Hall–Kier alpha value is -1.32. The van der Waals surface area contributed by atoms with E-state index in [1.165, 1.54) is 5.56 Å². The van der Waals surface area contributed by atoms with Crippen LogP contribution in [0.5, 0.6) is 11.5 Å². The van der Waals surface area contributed by atoms with Crippen LogP contribution in [0.3, 0.4) is 0 Å². The third-order valence-electron chi connectivity index (χ3n) is 4.68. The quantitative estimate of drug-likeness (QED) is 0.841. The standard InChI is InChI=1S/C18H20BrNO/c1-18(2)16(11-17(18)20)12-3-7-14(8-4-12)21-15-9-5-13(19)6-10-15/h3-10,16-17H,11,20H2,1-2H3. The Balaban J connectivity index is 1.71. The molecule has 0 aromatic heterocycles. The summed E-state index contributed by atoms with van der Waals surface area (Å²) in [6.45, 7) is 4.50. The highest BCUT2D eigenvalue weighted by Crippen LogP contribution is 2.51. The first kappa shape index (κ1) is 14.6. The summed E-state index contributed by atoms with van der Waals surface area (Å²) in [4.78, 5) is 0. The van der Waals surface area contributed by atoms with Gasteiger partial charge in [-0.3, -0.25) is 0 Å². The van der Waals surface area contributed by atoms with Gasteiger partial charge < -0.3 is 10.5 Å². The molecule has 1 aliphatic carbocycles. The van der Waals surface area contributed by atoms with Crippen LogP contribution in [0.25, 0.3) is 0 Å². The monoisotopic (exact) mass is 345 g/mol. The van der Waals surface area contributed by atoms with E-state index in [-0.39, 0.29) is 5.41 Å². The predicted octanol–water partition coefficient (Wildman–Crippen LogP) is 5.08. The van der Waals surface area contributed by atoms with E-state index in [1.807, 2.05) is 36.4 Å². The largest absolute Gasteiger partial charge is 0.457 e. The predicted molar refractivity (Wildman–Crippen MR) is 89.8 cm³/mol. The molecule has 2 aromatic carbocycles. The molecule has 2 unspecified atom stereocenters. The fourth-order valence-corrected chi connectivity index (χ4v) is 3.20. The Labute approximate surface area is 134 Å². The summed E-state index contributed by atoms with van der Waals surface area (Å²) in [5, 5.41) is 0. The van der Waals surface area contributed by atoms with Crippen LogP contribution in [-0.4, -0.2) is 6.04 Å². The number of rotatable bonds is 3. The summed E-state index contributed by atoms with van der Waals surface area (Å²) in [6.07, 6.45) is 1.07. The van der Waals surface area contributed by atoms with Gasteiger partial charge in [-0.15, -0.1) is 0 Å². The zero-order valence-corrected chi connectivity index (χ0v) is 13.9. The van der Waals surface area contributed by atoms with Crippen molar-refractivity contribution in [2.45, 2.75) is 32.2 Å².